The van der Waals surface area contributed by atoms with Crippen LogP contribution in [0, 0.1) is 0 Å². The number of hydrogen-bond acceptors (Lipinski definition) is 3. The van der Waals surface area contributed by atoms with Crippen LogP contribution < -0.4 is 10.2 Å². The fourth-order valence-electron chi connectivity index (χ4n) is 1.49. The molecule has 4 heteroatoms. The van der Waals surface area contributed by atoms with Gasteiger partial charge in [0.15, 0.2) is 0 Å². The topological polar surface area (TPSA) is 49.7 Å². The van der Waals surface area contributed by atoms with Crippen molar-refractivity contribution in [2.75, 3.05) is 7.11 Å². The molecule has 1 rings (SSSR count). The first-order chi connectivity index (χ1) is 6.86. The maximum atomic E-state index is 9.04. The summed E-state index contributed by atoms with van der Waals surface area (Å²) in [5.74, 6) is 0.688. The summed E-state index contributed by atoms with van der Waals surface area (Å²) in [6, 6.07) is 5.23. The van der Waals surface area contributed by atoms with Crippen molar-refractivity contribution in [3.8, 4) is 5.75 Å². The lowest BCUT2D eigenvalue weighted by atomic mass is 9.77. The molecular weight excluding hydrogens is 191 g/mol. The quantitative estimate of drug-likeness (QED) is 0.702. The third kappa shape index (κ3) is 2.73. The highest BCUT2D eigenvalue weighted by atomic mass is 16.5. The van der Waals surface area contributed by atoms with E-state index in [0.29, 0.717) is 11.2 Å². The molecule has 0 amide bonds. The average Bonchev–Trinajstić information content (AvgIpc) is 2.15. The van der Waals surface area contributed by atoms with Gasteiger partial charge in [-0.1, -0.05) is 32.9 Å². The Morgan fingerprint density at radius 2 is 1.80 bits per heavy atom. The summed E-state index contributed by atoms with van der Waals surface area (Å²) in [6.07, 6.45) is 0. The second kappa shape index (κ2) is 4.25. The Morgan fingerprint density at radius 1 is 1.20 bits per heavy atom. The molecule has 0 radical (unpaired) electrons. The summed E-state index contributed by atoms with van der Waals surface area (Å²) < 4.78 is 5.24. The average molecular weight is 208 g/mol. The zero-order chi connectivity index (χ0) is 11.6. The van der Waals surface area contributed by atoms with E-state index in [-0.39, 0.29) is 5.41 Å². The molecule has 0 aromatic heterocycles. The zero-order valence-electron chi connectivity index (χ0n) is 9.61. The van der Waals surface area contributed by atoms with Crippen LogP contribution >= 0.6 is 0 Å². The van der Waals surface area contributed by atoms with Gasteiger partial charge in [-0.05, 0) is 22.5 Å². The number of ether oxygens (including phenoxy) is 1. The van der Waals surface area contributed by atoms with Crippen molar-refractivity contribution >= 4 is 12.6 Å². The highest BCUT2D eigenvalue weighted by molar-refractivity contribution is 6.58. The van der Waals surface area contributed by atoms with Crippen LogP contribution in [0.2, 0.25) is 0 Å². The van der Waals surface area contributed by atoms with E-state index in [4.69, 9.17) is 14.8 Å². The van der Waals surface area contributed by atoms with E-state index < -0.39 is 7.12 Å². The van der Waals surface area contributed by atoms with Gasteiger partial charge in [0, 0.05) is 0 Å². The second-order valence-corrected chi connectivity index (χ2v) is 4.58. The van der Waals surface area contributed by atoms with E-state index in [1.54, 1.807) is 19.2 Å². The molecular formula is C11H17BO3. The molecule has 2 N–H and O–H groups in total. The monoisotopic (exact) mass is 208 g/mol. The Hall–Kier alpha value is -0.995. The van der Waals surface area contributed by atoms with Gasteiger partial charge in [0.2, 0.25) is 0 Å². The van der Waals surface area contributed by atoms with Gasteiger partial charge in [-0.2, -0.15) is 0 Å². The maximum Gasteiger partial charge on any atom is 0.488 e. The Balaban J connectivity index is 3.21. The molecule has 0 aliphatic rings. The molecule has 0 atom stereocenters. The van der Waals surface area contributed by atoms with Crippen molar-refractivity contribution in [2.24, 2.45) is 0 Å². The summed E-state index contributed by atoms with van der Waals surface area (Å²) >= 11 is 0. The maximum absolute atomic E-state index is 9.04. The predicted molar refractivity (Wildman–Crippen MR) is 61.5 cm³/mol. The van der Waals surface area contributed by atoms with Crippen LogP contribution in [0.3, 0.4) is 0 Å². The first-order valence-electron chi connectivity index (χ1n) is 4.91. The zero-order valence-corrected chi connectivity index (χ0v) is 9.61. The van der Waals surface area contributed by atoms with Crippen molar-refractivity contribution in [2.45, 2.75) is 26.2 Å². The molecule has 0 spiro atoms. The number of methoxy groups -OCH3 is 1. The standard InChI is InChI=1S/C11H17BO3/c1-11(2,3)9-6-5-8(12(13)14)7-10(9)15-4/h5-7,13-14H,1-4H3. The SMILES string of the molecule is COc1cc(B(O)O)ccc1C(C)(C)C. The lowest BCUT2D eigenvalue weighted by molar-refractivity contribution is 0.396. The number of hydrogen-bond donors (Lipinski definition) is 2. The van der Waals surface area contributed by atoms with E-state index >= 15 is 0 Å². The molecule has 0 aliphatic heterocycles. The number of rotatable bonds is 2. The number of benzene rings is 1. The predicted octanol–water partition coefficient (Wildman–Crippen LogP) is 0.672. The van der Waals surface area contributed by atoms with Crippen molar-refractivity contribution in [1.29, 1.82) is 0 Å². The fourth-order valence-corrected chi connectivity index (χ4v) is 1.49. The van der Waals surface area contributed by atoms with Crippen LogP contribution in [0.15, 0.2) is 18.2 Å². The van der Waals surface area contributed by atoms with Crippen LogP contribution in [0.4, 0.5) is 0 Å². The normalized spacial score (nSPS) is 11.3. The lowest BCUT2D eigenvalue weighted by Gasteiger charge is -2.22. The third-order valence-electron chi connectivity index (χ3n) is 2.33. The van der Waals surface area contributed by atoms with E-state index in [1.807, 2.05) is 6.07 Å². The van der Waals surface area contributed by atoms with Crippen molar-refractivity contribution in [3.63, 3.8) is 0 Å². The van der Waals surface area contributed by atoms with Gasteiger partial charge < -0.3 is 14.8 Å². The van der Waals surface area contributed by atoms with Gasteiger partial charge >= 0.3 is 7.12 Å². The van der Waals surface area contributed by atoms with Gasteiger partial charge in [0.1, 0.15) is 5.75 Å². The molecule has 0 bridgehead atoms. The summed E-state index contributed by atoms with van der Waals surface area (Å²) in [7, 11) is 0.130. The van der Waals surface area contributed by atoms with E-state index in [1.165, 1.54) is 0 Å². The van der Waals surface area contributed by atoms with Crippen molar-refractivity contribution in [3.05, 3.63) is 23.8 Å². The van der Waals surface area contributed by atoms with Gasteiger partial charge in [-0.3, -0.25) is 0 Å². The van der Waals surface area contributed by atoms with Crippen LogP contribution in [0.25, 0.3) is 0 Å². The van der Waals surface area contributed by atoms with Gasteiger partial charge in [0.05, 0.1) is 7.11 Å². The molecule has 0 heterocycles. The van der Waals surface area contributed by atoms with Crippen LogP contribution in [0.5, 0.6) is 5.75 Å². The molecule has 0 saturated heterocycles. The summed E-state index contributed by atoms with van der Waals surface area (Å²) in [5.41, 5.74) is 1.47. The lowest BCUT2D eigenvalue weighted by Crippen LogP contribution is -2.30. The second-order valence-electron chi connectivity index (χ2n) is 4.58. The van der Waals surface area contributed by atoms with Gasteiger partial charge in [-0.15, -0.1) is 0 Å². The molecule has 15 heavy (non-hydrogen) atoms. The highest BCUT2D eigenvalue weighted by Crippen LogP contribution is 2.30. The minimum absolute atomic E-state index is 0.0235. The van der Waals surface area contributed by atoms with Crippen LogP contribution in [0.1, 0.15) is 26.3 Å². The van der Waals surface area contributed by atoms with Crippen molar-refractivity contribution < 1.29 is 14.8 Å². The first-order valence-corrected chi connectivity index (χ1v) is 4.91. The van der Waals surface area contributed by atoms with E-state index in [9.17, 15) is 0 Å². The molecule has 1 aromatic rings. The minimum atomic E-state index is -1.45. The largest absolute Gasteiger partial charge is 0.496 e. The molecule has 0 aliphatic carbocycles. The molecule has 82 valence electrons. The molecule has 3 nitrogen and oxygen atoms in total. The highest BCUT2D eigenvalue weighted by Gasteiger charge is 2.21. The minimum Gasteiger partial charge on any atom is -0.496 e. The Bertz CT molecular complexity index is 342. The van der Waals surface area contributed by atoms with Gasteiger partial charge in [-0.25, -0.2) is 0 Å². The van der Waals surface area contributed by atoms with Crippen LogP contribution in [-0.4, -0.2) is 24.3 Å². The fraction of sp³-hybridized carbons (Fsp3) is 0.455. The Kier molecular flexibility index (Phi) is 3.42. The molecule has 0 fully saturated rings. The smallest absolute Gasteiger partial charge is 0.488 e. The summed E-state index contributed by atoms with van der Waals surface area (Å²) in [6.45, 7) is 6.25. The summed E-state index contributed by atoms with van der Waals surface area (Å²) in [5, 5.41) is 18.1. The molecule has 0 unspecified atom stereocenters. The Morgan fingerprint density at radius 3 is 2.20 bits per heavy atom. The van der Waals surface area contributed by atoms with E-state index in [0.717, 1.165) is 5.56 Å². The Labute approximate surface area is 90.9 Å². The first kappa shape index (κ1) is 12.1. The van der Waals surface area contributed by atoms with Crippen LogP contribution in [-0.2, 0) is 5.41 Å². The third-order valence-corrected chi connectivity index (χ3v) is 2.33. The van der Waals surface area contributed by atoms with E-state index in [2.05, 4.69) is 20.8 Å². The van der Waals surface area contributed by atoms with Crippen molar-refractivity contribution in [1.82, 2.24) is 0 Å². The molecule has 0 saturated carbocycles. The summed E-state index contributed by atoms with van der Waals surface area (Å²) in [4.78, 5) is 0. The molecule has 1 aromatic carbocycles. The van der Waals surface area contributed by atoms with Gasteiger partial charge in [0.25, 0.3) is 0 Å².